The molecule has 0 aliphatic rings. The molecule has 1 amide bonds. The van der Waals surface area contributed by atoms with Gasteiger partial charge in [0.15, 0.2) is 0 Å². The van der Waals surface area contributed by atoms with Crippen LogP contribution in [0.5, 0.6) is 0 Å². The summed E-state index contributed by atoms with van der Waals surface area (Å²) in [5.74, 6) is -0.609. The van der Waals surface area contributed by atoms with Crippen molar-refractivity contribution in [2.24, 2.45) is 5.14 Å². The van der Waals surface area contributed by atoms with E-state index in [4.69, 9.17) is 5.14 Å². The number of amides is 1. The van der Waals surface area contributed by atoms with Crippen molar-refractivity contribution in [3.05, 3.63) is 48.7 Å². The van der Waals surface area contributed by atoms with E-state index >= 15 is 0 Å². The quantitative estimate of drug-likeness (QED) is 0.774. The Morgan fingerprint density at radius 2 is 2.10 bits per heavy atom. The van der Waals surface area contributed by atoms with E-state index in [1.165, 1.54) is 0 Å². The van der Waals surface area contributed by atoms with E-state index in [1.54, 1.807) is 12.3 Å². The maximum Gasteiger partial charge on any atom is 0.253 e. The number of nitrogens with one attached hydrogen (secondary N) is 1. The largest absolute Gasteiger partial charge is 0.351 e. The smallest absolute Gasteiger partial charge is 0.253 e. The van der Waals surface area contributed by atoms with Crippen molar-refractivity contribution in [2.45, 2.75) is 6.54 Å². The highest BCUT2D eigenvalue weighted by molar-refractivity contribution is 7.89. The first-order valence-electron chi connectivity index (χ1n) is 6.40. The minimum atomic E-state index is -3.58. The number of carbonyl (C=O) groups is 1. The maximum absolute atomic E-state index is 12.2. The van der Waals surface area contributed by atoms with Crippen LogP contribution in [0.4, 0.5) is 0 Å². The average Bonchev–Trinajstić information content (AvgIpc) is 2.77. The minimum Gasteiger partial charge on any atom is -0.351 e. The third-order valence-electron chi connectivity index (χ3n) is 3.03. The number of nitrogens with zero attached hydrogens (tertiary/aromatic N) is 1. The summed E-state index contributed by atoms with van der Waals surface area (Å²) in [6, 6.07) is 7.51. The van der Waals surface area contributed by atoms with Crippen LogP contribution in [-0.4, -0.2) is 31.2 Å². The van der Waals surface area contributed by atoms with Gasteiger partial charge in [0.1, 0.15) is 0 Å². The fourth-order valence-electron chi connectivity index (χ4n) is 2.12. The highest BCUT2D eigenvalue weighted by atomic mass is 32.2. The van der Waals surface area contributed by atoms with Crippen molar-refractivity contribution in [1.29, 1.82) is 0 Å². The molecule has 2 rings (SSSR count). The number of primary sulfonamides is 1. The summed E-state index contributed by atoms with van der Waals surface area (Å²) < 4.78 is 23.6. The Morgan fingerprint density at radius 1 is 1.38 bits per heavy atom. The fourth-order valence-corrected chi connectivity index (χ4v) is 2.51. The second-order valence-corrected chi connectivity index (χ2v) is 6.36. The van der Waals surface area contributed by atoms with Gasteiger partial charge in [0.25, 0.3) is 5.91 Å². The van der Waals surface area contributed by atoms with Crippen LogP contribution < -0.4 is 10.5 Å². The Kier molecular flexibility index (Phi) is 4.44. The van der Waals surface area contributed by atoms with Gasteiger partial charge in [-0.1, -0.05) is 24.3 Å². The molecule has 21 heavy (non-hydrogen) atoms. The van der Waals surface area contributed by atoms with E-state index in [9.17, 15) is 13.2 Å². The first kappa shape index (κ1) is 15.3. The van der Waals surface area contributed by atoms with Crippen LogP contribution in [0.25, 0.3) is 10.9 Å². The predicted octanol–water partition coefficient (Wildman–Crippen LogP) is 0.846. The van der Waals surface area contributed by atoms with Gasteiger partial charge in [-0.15, -0.1) is 6.58 Å². The lowest BCUT2D eigenvalue weighted by Gasteiger charge is -2.03. The Labute approximate surface area is 123 Å². The number of fused-ring (bicyclic) bond motifs is 1. The Hall–Kier alpha value is -2.12. The van der Waals surface area contributed by atoms with Crippen molar-refractivity contribution in [1.82, 2.24) is 9.88 Å². The SMILES string of the molecule is C=CCn1cc(C(=O)NCCS(N)(=O)=O)c2ccccc21. The first-order chi connectivity index (χ1) is 9.92. The number of hydrogen-bond acceptors (Lipinski definition) is 3. The topological polar surface area (TPSA) is 94.2 Å². The van der Waals surface area contributed by atoms with Gasteiger partial charge in [-0.05, 0) is 6.07 Å². The zero-order chi connectivity index (χ0) is 15.5. The number of para-hydroxylation sites is 1. The number of rotatable bonds is 6. The molecule has 0 aliphatic heterocycles. The van der Waals surface area contributed by atoms with E-state index in [0.717, 1.165) is 10.9 Å². The number of sulfonamides is 1. The van der Waals surface area contributed by atoms with E-state index in [2.05, 4.69) is 11.9 Å². The van der Waals surface area contributed by atoms with Gasteiger partial charge in [0.05, 0.1) is 11.3 Å². The molecule has 112 valence electrons. The third kappa shape index (κ3) is 3.71. The van der Waals surface area contributed by atoms with E-state index in [1.807, 2.05) is 28.8 Å². The minimum absolute atomic E-state index is 0.0152. The molecule has 2 aromatic rings. The maximum atomic E-state index is 12.2. The summed E-state index contributed by atoms with van der Waals surface area (Å²) in [4.78, 5) is 12.2. The summed E-state index contributed by atoms with van der Waals surface area (Å²) in [7, 11) is -3.58. The average molecular weight is 307 g/mol. The van der Waals surface area contributed by atoms with Gasteiger partial charge in [-0.25, -0.2) is 13.6 Å². The molecule has 0 atom stereocenters. The van der Waals surface area contributed by atoms with Gasteiger partial charge in [-0.3, -0.25) is 4.79 Å². The molecule has 1 aromatic heterocycles. The van der Waals surface area contributed by atoms with Crippen LogP contribution in [0.1, 0.15) is 10.4 Å². The van der Waals surface area contributed by atoms with E-state index < -0.39 is 10.0 Å². The lowest BCUT2D eigenvalue weighted by molar-refractivity contribution is 0.0957. The normalized spacial score (nSPS) is 11.5. The van der Waals surface area contributed by atoms with Gasteiger partial charge in [0.2, 0.25) is 10.0 Å². The summed E-state index contributed by atoms with van der Waals surface area (Å²) in [5.41, 5.74) is 1.43. The van der Waals surface area contributed by atoms with Gasteiger partial charge < -0.3 is 9.88 Å². The van der Waals surface area contributed by atoms with Crippen LogP contribution in [0.3, 0.4) is 0 Å². The second-order valence-electron chi connectivity index (χ2n) is 4.62. The van der Waals surface area contributed by atoms with Crippen LogP contribution in [0.15, 0.2) is 43.1 Å². The van der Waals surface area contributed by atoms with E-state index in [-0.39, 0.29) is 18.2 Å². The molecule has 7 heteroatoms. The molecule has 0 bridgehead atoms. The van der Waals surface area contributed by atoms with Gasteiger partial charge in [0, 0.05) is 30.2 Å². The zero-order valence-electron chi connectivity index (χ0n) is 11.5. The molecule has 0 saturated carbocycles. The van der Waals surface area contributed by atoms with Crippen LogP contribution in [0, 0.1) is 0 Å². The number of benzene rings is 1. The molecule has 0 fully saturated rings. The molecule has 0 unspecified atom stereocenters. The standard InChI is InChI=1S/C14H17N3O3S/c1-2-8-17-10-12(11-5-3-4-6-13(11)17)14(18)16-7-9-21(15,19)20/h2-6,10H,1,7-9H2,(H,16,18)(H2,15,19,20). The highest BCUT2D eigenvalue weighted by Gasteiger charge is 2.14. The molecular weight excluding hydrogens is 290 g/mol. The highest BCUT2D eigenvalue weighted by Crippen LogP contribution is 2.21. The summed E-state index contributed by atoms with van der Waals surface area (Å²) >= 11 is 0. The first-order valence-corrected chi connectivity index (χ1v) is 8.11. The van der Waals surface area contributed by atoms with Gasteiger partial charge in [-0.2, -0.15) is 0 Å². The molecule has 0 aliphatic carbocycles. The number of carbonyl (C=O) groups excluding carboxylic acids is 1. The Morgan fingerprint density at radius 3 is 2.76 bits per heavy atom. The van der Waals surface area contributed by atoms with Crippen LogP contribution in [0.2, 0.25) is 0 Å². The van der Waals surface area contributed by atoms with Gasteiger partial charge >= 0.3 is 0 Å². The van der Waals surface area contributed by atoms with Crippen molar-refractivity contribution < 1.29 is 13.2 Å². The van der Waals surface area contributed by atoms with Crippen molar-refractivity contribution in [3.63, 3.8) is 0 Å². The fraction of sp³-hybridized carbons (Fsp3) is 0.214. The molecule has 3 N–H and O–H groups in total. The lowest BCUT2D eigenvalue weighted by atomic mass is 10.1. The van der Waals surface area contributed by atoms with Crippen molar-refractivity contribution in [2.75, 3.05) is 12.3 Å². The zero-order valence-corrected chi connectivity index (χ0v) is 12.3. The number of allylic oxidation sites excluding steroid dienone is 1. The van der Waals surface area contributed by atoms with Crippen LogP contribution >= 0.6 is 0 Å². The molecule has 0 radical (unpaired) electrons. The monoisotopic (exact) mass is 307 g/mol. The molecule has 0 spiro atoms. The lowest BCUT2D eigenvalue weighted by Crippen LogP contribution is -2.31. The molecule has 1 aromatic carbocycles. The molecule has 1 heterocycles. The molecule has 0 saturated heterocycles. The summed E-state index contributed by atoms with van der Waals surface area (Å²) in [5, 5.41) is 8.28. The summed E-state index contributed by atoms with van der Waals surface area (Å²) in [6.45, 7) is 4.26. The summed E-state index contributed by atoms with van der Waals surface area (Å²) in [6.07, 6.45) is 3.48. The molecule has 6 nitrogen and oxygen atoms in total. The number of hydrogen-bond donors (Lipinski definition) is 2. The molecular formula is C14H17N3O3S. The predicted molar refractivity (Wildman–Crippen MR) is 82.4 cm³/mol. The van der Waals surface area contributed by atoms with E-state index in [0.29, 0.717) is 12.1 Å². The second kappa shape index (κ2) is 6.11. The van der Waals surface area contributed by atoms with Crippen LogP contribution in [-0.2, 0) is 16.6 Å². The number of aromatic nitrogens is 1. The van der Waals surface area contributed by atoms with Crippen molar-refractivity contribution >= 4 is 26.8 Å². The van der Waals surface area contributed by atoms with Crippen molar-refractivity contribution in [3.8, 4) is 0 Å². The Bertz CT molecular complexity index is 778. The number of nitrogens with two attached hydrogens (primary N) is 1. The third-order valence-corrected chi connectivity index (χ3v) is 3.80. The Balaban J connectivity index is 2.25.